The van der Waals surface area contributed by atoms with Crippen molar-refractivity contribution in [1.82, 2.24) is 0 Å². The number of esters is 1. The highest BCUT2D eigenvalue weighted by Gasteiger charge is 2.20. The van der Waals surface area contributed by atoms with Gasteiger partial charge >= 0.3 is 5.97 Å². The summed E-state index contributed by atoms with van der Waals surface area (Å²) in [6.45, 7) is 0. The Kier molecular flexibility index (Phi) is 5.71. The van der Waals surface area contributed by atoms with E-state index in [0.29, 0.717) is 11.5 Å². The third kappa shape index (κ3) is 3.94. The number of hydrogen-bond donors (Lipinski definition) is 0. The van der Waals surface area contributed by atoms with Crippen molar-refractivity contribution in [2.24, 2.45) is 0 Å². The second-order valence-electron chi connectivity index (χ2n) is 5.43. The van der Waals surface area contributed by atoms with Crippen LogP contribution in [-0.2, 0) is 9.53 Å². The van der Waals surface area contributed by atoms with Crippen LogP contribution in [0.2, 0.25) is 0 Å². The molecule has 2 rings (SSSR count). The molecule has 0 aromatic heterocycles. The van der Waals surface area contributed by atoms with Gasteiger partial charge in [0, 0.05) is 0 Å². The van der Waals surface area contributed by atoms with E-state index in [1.54, 1.807) is 7.11 Å². The molecule has 1 unspecified atom stereocenters. The third-order valence-electron chi connectivity index (χ3n) is 3.99. The van der Waals surface area contributed by atoms with Crippen LogP contribution in [0.4, 0.5) is 0 Å². The van der Waals surface area contributed by atoms with E-state index < -0.39 is 0 Å². The summed E-state index contributed by atoms with van der Waals surface area (Å²) in [7, 11) is 2.97. The molecule has 0 bridgehead atoms. The van der Waals surface area contributed by atoms with E-state index in [1.165, 1.54) is 20.0 Å². The molecule has 1 fully saturated rings. The van der Waals surface area contributed by atoms with Crippen molar-refractivity contribution in [3.8, 4) is 23.8 Å². The highest BCUT2D eigenvalue weighted by Crippen LogP contribution is 2.34. The summed E-state index contributed by atoms with van der Waals surface area (Å²) in [6, 6.07) is 5.58. The topological polar surface area (TPSA) is 44.8 Å². The zero-order valence-electron chi connectivity index (χ0n) is 13.1. The molecular formula is C18H22O4. The van der Waals surface area contributed by atoms with Crippen LogP contribution in [0.15, 0.2) is 18.2 Å². The fourth-order valence-corrected chi connectivity index (χ4v) is 2.71. The number of hydrogen-bond acceptors (Lipinski definition) is 4. The molecule has 0 radical (unpaired) electrons. The fourth-order valence-electron chi connectivity index (χ4n) is 2.71. The first-order valence-electron chi connectivity index (χ1n) is 7.55. The van der Waals surface area contributed by atoms with Gasteiger partial charge in [0.25, 0.3) is 0 Å². The van der Waals surface area contributed by atoms with Crippen molar-refractivity contribution >= 4 is 5.97 Å². The van der Waals surface area contributed by atoms with Crippen molar-refractivity contribution < 1.29 is 19.0 Å². The largest absolute Gasteiger partial charge is 0.493 e. The monoisotopic (exact) mass is 302 g/mol. The minimum absolute atomic E-state index is 0.155. The Hall–Kier alpha value is -2.15. The maximum atomic E-state index is 11.5. The van der Waals surface area contributed by atoms with Gasteiger partial charge in [0.05, 0.1) is 32.7 Å². The summed E-state index contributed by atoms with van der Waals surface area (Å²) in [5.74, 6) is 3.37. The zero-order valence-corrected chi connectivity index (χ0v) is 13.1. The average Bonchev–Trinajstić information content (AvgIpc) is 3.05. The summed E-state index contributed by atoms with van der Waals surface area (Å²) in [5, 5.41) is 0. The molecule has 1 aliphatic carbocycles. The molecular weight excluding hydrogens is 280 g/mol. The summed E-state index contributed by atoms with van der Waals surface area (Å²) in [6.07, 6.45) is 10.5. The Morgan fingerprint density at radius 1 is 1.32 bits per heavy atom. The quantitative estimate of drug-likeness (QED) is 0.597. The Labute approximate surface area is 131 Å². The fraction of sp³-hybridized carbons (Fsp3) is 0.500. The van der Waals surface area contributed by atoms with Gasteiger partial charge in [0.15, 0.2) is 11.5 Å². The van der Waals surface area contributed by atoms with Crippen LogP contribution >= 0.6 is 0 Å². The third-order valence-corrected chi connectivity index (χ3v) is 3.99. The van der Waals surface area contributed by atoms with Crippen LogP contribution in [0.25, 0.3) is 0 Å². The molecule has 4 heteroatoms. The summed E-state index contributed by atoms with van der Waals surface area (Å²) >= 11 is 0. The highest BCUT2D eigenvalue weighted by atomic mass is 16.5. The number of carbonyl (C=O) groups is 1. The van der Waals surface area contributed by atoms with Crippen molar-refractivity contribution in [3.05, 3.63) is 23.8 Å². The van der Waals surface area contributed by atoms with Gasteiger partial charge < -0.3 is 14.2 Å². The van der Waals surface area contributed by atoms with Crippen LogP contribution in [0.3, 0.4) is 0 Å². The van der Waals surface area contributed by atoms with E-state index in [-0.39, 0.29) is 24.4 Å². The molecule has 1 aromatic rings. The lowest BCUT2D eigenvalue weighted by Gasteiger charge is -2.18. The highest BCUT2D eigenvalue weighted by molar-refractivity contribution is 5.71. The number of methoxy groups -OCH3 is 2. The lowest BCUT2D eigenvalue weighted by Crippen LogP contribution is -2.12. The molecule has 1 aliphatic rings. The van der Waals surface area contributed by atoms with Crippen LogP contribution in [0, 0.1) is 12.3 Å². The summed E-state index contributed by atoms with van der Waals surface area (Å²) < 4.78 is 16.1. The smallest absolute Gasteiger partial charge is 0.307 e. The van der Waals surface area contributed by atoms with Crippen LogP contribution in [0.5, 0.6) is 11.5 Å². The predicted molar refractivity (Wildman–Crippen MR) is 84.1 cm³/mol. The van der Waals surface area contributed by atoms with E-state index in [4.69, 9.17) is 20.6 Å². The summed E-state index contributed by atoms with van der Waals surface area (Å²) in [5.41, 5.74) is 0.863. The van der Waals surface area contributed by atoms with Crippen molar-refractivity contribution in [2.45, 2.75) is 44.1 Å². The van der Waals surface area contributed by atoms with E-state index in [1.807, 2.05) is 18.2 Å². The average molecular weight is 302 g/mol. The Bertz CT molecular complexity index is 553. The van der Waals surface area contributed by atoms with Crippen LogP contribution < -0.4 is 9.47 Å². The summed E-state index contributed by atoms with van der Waals surface area (Å²) in [4.78, 5) is 11.5. The van der Waals surface area contributed by atoms with Crippen molar-refractivity contribution in [2.75, 3.05) is 14.2 Å². The van der Waals surface area contributed by atoms with Gasteiger partial charge in [-0.05, 0) is 43.4 Å². The second kappa shape index (κ2) is 7.74. The standard InChI is InChI=1S/C18H22O4/c1-4-13(12-18(19)21-3)14-9-10-16(20-2)17(11-14)22-15-7-5-6-8-15/h1,9-11,13,15H,5-8,12H2,2-3H3. The normalized spacial score (nSPS) is 15.9. The molecule has 0 heterocycles. The van der Waals surface area contributed by atoms with Gasteiger partial charge in [-0.2, -0.15) is 0 Å². The molecule has 1 atom stereocenters. The molecule has 1 saturated carbocycles. The predicted octanol–water partition coefficient (Wildman–Crippen LogP) is 3.30. The van der Waals surface area contributed by atoms with Gasteiger partial charge in [0.2, 0.25) is 0 Å². The van der Waals surface area contributed by atoms with E-state index in [0.717, 1.165) is 18.4 Å². The lowest BCUT2D eigenvalue weighted by atomic mass is 9.96. The van der Waals surface area contributed by atoms with Crippen molar-refractivity contribution in [1.29, 1.82) is 0 Å². The Morgan fingerprint density at radius 3 is 2.64 bits per heavy atom. The number of carbonyl (C=O) groups excluding carboxylic acids is 1. The minimum atomic E-state index is -0.329. The molecule has 0 saturated heterocycles. The molecule has 0 amide bonds. The van der Waals surface area contributed by atoms with Crippen molar-refractivity contribution in [3.63, 3.8) is 0 Å². The van der Waals surface area contributed by atoms with Crippen LogP contribution in [-0.4, -0.2) is 26.3 Å². The molecule has 118 valence electrons. The zero-order chi connectivity index (χ0) is 15.9. The number of ether oxygens (including phenoxy) is 3. The maximum Gasteiger partial charge on any atom is 0.307 e. The molecule has 0 N–H and O–H groups in total. The van der Waals surface area contributed by atoms with Gasteiger partial charge in [0.1, 0.15) is 0 Å². The number of benzene rings is 1. The molecule has 0 aliphatic heterocycles. The first kappa shape index (κ1) is 16.2. The van der Waals surface area contributed by atoms with E-state index >= 15 is 0 Å². The Morgan fingerprint density at radius 2 is 2.05 bits per heavy atom. The lowest BCUT2D eigenvalue weighted by molar-refractivity contribution is -0.140. The van der Waals surface area contributed by atoms with Gasteiger partial charge in [-0.25, -0.2) is 0 Å². The van der Waals surface area contributed by atoms with Crippen LogP contribution in [0.1, 0.15) is 43.6 Å². The molecule has 0 spiro atoms. The molecule has 22 heavy (non-hydrogen) atoms. The number of terminal acetylenes is 1. The molecule has 4 nitrogen and oxygen atoms in total. The molecule has 1 aromatic carbocycles. The van der Waals surface area contributed by atoms with Gasteiger partial charge in [-0.1, -0.05) is 12.0 Å². The SMILES string of the molecule is C#CC(CC(=O)OC)c1ccc(OC)c(OC2CCCC2)c1. The van der Waals surface area contributed by atoms with E-state index in [9.17, 15) is 4.79 Å². The first-order chi connectivity index (χ1) is 10.7. The Balaban J connectivity index is 2.21. The van der Waals surface area contributed by atoms with Gasteiger partial charge in [-0.3, -0.25) is 4.79 Å². The van der Waals surface area contributed by atoms with E-state index in [2.05, 4.69) is 5.92 Å². The minimum Gasteiger partial charge on any atom is -0.493 e. The number of rotatable bonds is 6. The van der Waals surface area contributed by atoms with Gasteiger partial charge in [-0.15, -0.1) is 6.42 Å². The maximum absolute atomic E-state index is 11.5. The first-order valence-corrected chi connectivity index (χ1v) is 7.55. The second-order valence-corrected chi connectivity index (χ2v) is 5.43.